The van der Waals surface area contributed by atoms with Crippen LogP contribution in [0.25, 0.3) is 11.4 Å². The van der Waals surface area contributed by atoms with Crippen LogP contribution in [0.15, 0.2) is 54.6 Å². The van der Waals surface area contributed by atoms with Gasteiger partial charge in [0.1, 0.15) is 5.82 Å². The molecule has 4 rings (SSSR count). The van der Waals surface area contributed by atoms with Gasteiger partial charge in [-0.25, -0.2) is 9.78 Å². The Labute approximate surface area is 191 Å². The number of hydrogen-bond donors (Lipinski definition) is 4. The van der Waals surface area contributed by atoms with Crippen molar-refractivity contribution in [1.29, 1.82) is 0 Å². The van der Waals surface area contributed by atoms with Crippen molar-refractivity contribution in [2.45, 2.75) is 37.6 Å². The molecule has 3 amide bonds. The number of hydrogen-bond acceptors (Lipinski definition) is 4. The van der Waals surface area contributed by atoms with Crippen molar-refractivity contribution in [3.05, 3.63) is 65.4 Å². The number of rotatable bonds is 6. The molecule has 1 saturated carbocycles. The monoisotopic (exact) mass is 452 g/mol. The van der Waals surface area contributed by atoms with Gasteiger partial charge in [-0.15, -0.1) is 0 Å². The highest BCUT2D eigenvalue weighted by Crippen LogP contribution is 2.31. The molecule has 0 aliphatic heterocycles. The summed E-state index contributed by atoms with van der Waals surface area (Å²) in [4.78, 5) is 28.9. The Morgan fingerprint density at radius 2 is 1.81 bits per heavy atom. The van der Waals surface area contributed by atoms with E-state index in [-0.39, 0.29) is 18.5 Å². The van der Waals surface area contributed by atoms with Crippen molar-refractivity contribution in [2.75, 3.05) is 11.9 Å². The van der Waals surface area contributed by atoms with E-state index in [4.69, 9.17) is 11.6 Å². The molecule has 0 saturated heterocycles. The van der Waals surface area contributed by atoms with Crippen LogP contribution in [0.5, 0.6) is 0 Å². The predicted molar refractivity (Wildman–Crippen MR) is 123 cm³/mol. The van der Waals surface area contributed by atoms with Gasteiger partial charge in [-0.05, 0) is 43.9 Å². The zero-order chi connectivity index (χ0) is 22.3. The van der Waals surface area contributed by atoms with Gasteiger partial charge in [-0.2, -0.15) is 5.10 Å². The first-order chi connectivity index (χ1) is 15.6. The summed E-state index contributed by atoms with van der Waals surface area (Å²) in [7, 11) is 0. The minimum atomic E-state index is -0.453. The number of carbonyl (C=O) groups excluding carboxylic acids is 2. The van der Waals surface area contributed by atoms with E-state index in [9.17, 15) is 9.59 Å². The van der Waals surface area contributed by atoms with Gasteiger partial charge in [-0.1, -0.05) is 48.0 Å². The molecule has 1 heterocycles. The number of anilines is 1. The second kappa shape index (κ2) is 10.3. The number of amides is 3. The second-order valence-electron chi connectivity index (χ2n) is 7.84. The molecule has 1 fully saturated rings. The average molecular weight is 453 g/mol. The summed E-state index contributed by atoms with van der Waals surface area (Å²) in [5, 5.41) is 16.2. The standard InChI is InChI=1S/C23H25ClN6O2/c24-17-7-4-8-19(13-17)27-23(32)25-14-20(31)26-18-11-9-16(10-12-18)22-28-21(29-30-22)15-5-2-1-3-6-15/h1-8,13,16,18H,9-12,14H2,(H,26,31)(H2,25,27,32)(H,28,29,30). The minimum Gasteiger partial charge on any atom is -0.352 e. The molecule has 0 bridgehead atoms. The van der Waals surface area contributed by atoms with Gasteiger partial charge in [-0.3, -0.25) is 9.89 Å². The van der Waals surface area contributed by atoms with E-state index in [1.165, 1.54) is 0 Å². The second-order valence-corrected chi connectivity index (χ2v) is 8.28. The number of H-pyrrole nitrogens is 1. The summed E-state index contributed by atoms with van der Waals surface area (Å²) in [5.41, 5.74) is 1.56. The van der Waals surface area contributed by atoms with Crippen LogP contribution in [0.1, 0.15) is 37.4 Å². The zero-order valence-electron chi connectivity index (χ0n) is 17.5. The quantitative estimate of drug-likeness (QED) is 0.451. The fourth-order valence-electron chi connectivity index (χ4n) is 3.87. The molecular formula is C23H25ClN6O2. The predicted octanol–water partition coefficient (Wildman–Crippen LogP) is 4.09. The van der Waals surface area contributed by atoms with Crippen LogP contribution in [0, 0.1) is 0 Å². The SMILES string of the molecule is O=C(CNC(=O)Nc1cccc(Cl)c1)NC1CCC(c2nc(-c3ccccc3)n[nH]2)CC1. The first kappa shape index (κ1) is 21.8. The molecule has 8 nitrogen and oxygen atoms in total. The number of aromatic amines is 1. The lowest BCUT2D eigenvalue weighted by atomic mass is 9.85. The maximum atomic E-state index is 12.2. The van der Waals surface area contributed by atoms with Crippen LogP contribution >= 0.6 is 11.6 Å². The Bertz CT molecular complexity index is 1060. The van der Waals surface area contributed by atoms with Crippen molar-refractivity contribution in [3.63, 3.8) is 0 Å². The smallest absolute Gasteiger partial charge is 0.319 e. The lowest BCUT2D eigenvalue weighted by Gasteiger charge is -2.27. The van der Waals surface area contributed by atoms with Crippen molar-refractivity contribution < 1.29 is 9.59 Å². The molecule has 166 valence electrons. The molecule has 9 heteroatoms. The third kappa shape index (κ3) is 5.85. The third-order valence-corrected chi connectivity index (χ3v) is 5.74. The largest absolute Gasteiger partial charge is 0.352 e. The average Bonchev–Trinajstić information content (AvgIpc) is 3.29. The molecule has 0 atom stereocenters. The fraction of sp³-hybridized carbons (Fsp3) is 0.304. The molecule has 1 aliphatic rings. The molecule has 2 aromatic carbocycles. The molecule has 3 aromatic rings. The van der Waals surface area contributed by atoms with Crippen LogP contribution in [-0.4, -0.2) is 39.7 Å². The first-order valence-electron chi connectivity index (χ1n) is 10.6. The molecule has 0 radical (unpaired) electrons. The van der Waals surface area contributed by atoms with Gasteiger partial charge >= 0.3 is 6.03 Å². The van der Waals surface area contributed by atoms with E-state index in [2.05, 4.69) is 31.1 Å². The van der Waals surface area contributed by atoms with Crippen molar-refractivity contribution in [2.24, 2.45) is 0 Å². The van der Waals surface area contributed by atoms with Gasteiger partial charge in [0, 0.05) is 28.2 Å². The summed E-state index contributed by atoms with van der Waals surface area (Å²) >= 11 is 5.90. The summed E-state index contributed by atoms with van der Waals surface area (Å²) in [6.45, 7) is -0.0884. The van der Waals surface area contributed by atoms with Crippen LogP contribution in [0.4, 0.5) is 10.5 Å². The van der Waals surface area contributed by atoms with Gasteiger partial charge in [0.05, 0.1) is 6.54 Å². The molecule has 0 unspecified atom stereocenters. The maximum absolute atomic E-state index is 12.2. The van der Waals surface area contributed by atoms with E-state index in [0.717, 1.165) is 37.1 Å². The van der Waals surface area contributed by atoms with Crippen molar-refractivity contribution in [1.82, 2.24) is 25.8 Å². The highest BCUT2D eigenvalue weighted by molar-refractivity contribution is 6.30. The first-order valence-corrected chi connectivity index (χ1v) is 11.0. The number of carbonyl (C=O) groups is 2. The van der Waals surface area contributed by atoms with Crippen LogP contribution in [0.2, 0.25) is 5.02 Å². The minimum absolute atomic E-state index is 0.0884. The fourth-order valence-corrected chi connectivity index (χ4v) is 4.06. The molecule has 1 aromatic heterocycles. The number of nitrogens with one attached hydrogen (secondary N) is 4. The highest BCUT2D eigenvalue weighted by atomic mass is 35.5. The van der Waals surface area contributed by atoms with E-state index in [1.807, 2.05) is 30.3 Å². The number of nitrogens with zero attached hydrogens (tertiary/aromatic N) is 2. The van der Waals surface area contributed by atoms with Crippen molar-refractivity contribution >= 4 is 29.2 Å². The zero-order valence-corrected chi connectivity index (χ0v) is 18.2. The van der Waals surface area contributed by atoms with Crippen LogP contribution in [0.3, 0.4) is 0 Å². The summed E-state index contributed by atoms with van der Waals surface area (Å²) < 4.78 is 0. The molecule has 0 spiro atoms. The van der Waals surface area contributed by atoms with Crippen LogP contribution in [-0.2, 0) is 4.79 Å². The van der Waals surface area contributed by atoms with Gasteiger partial charge in [0.2, 0.25) is 5.91 Å². The lowest BCUT2D eigenvalue weighted by Crippen LogP contribution is -2.44. The van der Waals surface area contributed by atoms with E-state index in [1.54, 1.807) is 24.3 Å². The topological polar surface area (TPSA) is 112 Å². The van der Waals surface area contributed by atoms with E-state index >= 15 is 0 Å². The normalized spacial score (nSPS) is 18.0. The Balaban J connectivity index is 1.19. The highest BCUT2D eigenvalue weighted by Gasteiger charge is 2.26. The van der Waals surface area contributed by atoms with Crippen LogP contribution < -0.4 is 16.0 Å². The van der Waals surface area contributed by atoms with E-state index < -0.39 is 6.03 Å². The molecule has 1 aliphatic carbocycles. The summed E-state index contributed by atoms with van der Waals surface area (Å²) in [6, 6.07) is 16.3. The van der Waals surface area contributed by atoms with Gasteiger partial charge in [0.25, 0.3) is 0 Å². The molecule has 32 heavy (non-hydrogen) atoms. The van der Waals surface area contributed by atoms with Gasteiger partial charge in [0.15, 0.2) is 5.82 Å². The number of urea groups is 1. The maximum Gasteiger partial charge on any atom is 0.319 e. The molecular weight excluding hydrogens is 428 g/mol. The molecule has 4 N–H and O–H groups in total. The van der Waals surface area contributed by atoms with Gasteiger partial charge < -0.3 is 16.0 Å². The Morgan fingerprint density at radius 3 is 2.56 bits per heavy atom. The Morgan fingerprint density at radius 1 is 1.03 bits per heavy atom. The number of benzene rings is 2. The van der Waals surface area contributed by atoms with E-state index in [0.29, 0.717) is 22.5 Å². The number of halogens is 1. The third-order valence-electron chi connectivity index (χ3n) is 5.51. The lowest BCUT2D eigenvalue weighted by molar-refractivity contribution is -0.121. The Kier molecular flexibility index (Phi) is 7.01. The summed E-state index contributed by atoms with van der Waals surface area (Å²) in [5.74, 6) is 1.70. The van der Waals surface area contributed by atoms with Crippen molar-refractivity contribution in [3.8, 4) is 11.4 Å². The summed E-state index contributed by atoms with van der Waals surface area (Å²) in [6.07, 6.45) is 3.53. The Hall–Kier alpha value is -3.39. The number of aromatic nitrogens is 3.